The Morgan fingerprint density at radius 1 is 0.704 bits per heavy atom. The summed E-state index contributed by atoms with van der Waals surface area (Å²) in [4.78, 5) is 18.9. The molecule has 0 heterocycles. The quantitative estimate of drug-likeness (QED) is 0.194. The van der Waals surface area contributed by atoms with E-state index in [1.807, 2.05) is 0 Å². The van der Waals surface area contributed by atoms with Gasteiger partial charge in [-0.25, -0.2) is 0 Å². The Kier molecular flexibility index (Phi) is 31.7. The molecule has 4 nitrogen and oxygen atoms in total. The van der Waals surface area contributed by atoms with Crippen LogP contribution in [0.25, 0.3) is 0 Å². The van der Waals surface area contributed by atoms with E-state index in [4.69, 9.17) is 10.2 Å². The molecule has 1 unspecified atom stereocenters. The van der Waals surface area contributed by atoms with Crippen LogP contribution in [0, 0.1) is 5.92 Å². The first-order chi connectivity index (χ1) is 12.5. The first-order valence-electron chi connectivity index (χ1n) is 10.9. The van der Waals surface area contributed by atoms with Crippen LogP contribution in [0.3, 0.4) is 0 Å². The Morgan fingerprint density at radius 2 is 1.07 bits per heavy atom. The summed E-state index contributed by atoms with van der Waals surface area (Å²) in [5.41, 5.74) is 0. The van der Waals surface area contributed by atoms with Crippen LogP contribution in [0.15, 0.2) is 0 Å². The fraction of sp³-hybridized carbons (Fsp3) is 0.905. The fourth-order valence-electron chi connectivity index (χ4n) is 3.10. The predicted octanol–water partition coefficient (Wildman–Crippen LogP) is 5.59. The average Bonchev–Trinajstić information content (AvgIpc) is 2.58. The summed E-state index contributed by atoms with van der Waals surface area (Å²) in [6, 6.07) is 0. The maximum absolute atomic E-state index is 9.43. The van der Waals surface area contributed by atoms with Crippen molar-refractivity contribution in [3.8, 4) is 0 Å². The van der Waals surface area contributed by atoms with E-state index in [-0.39, 0.29) is 29.6 Å². The van der Waals surface area contributed by atoms with Crippen molar-refractivity contribution < 1.29 is 19.8 Å². The molecule has 0 aliphatic rings. The van der Waals surface area contributed by atoms with Crippen molar-refractivity contribution in [2.75, 3.05) is 0 Å². The Morgan fingerprint density at radius 3 is 1.41 bits per heavy atom. The van der Waals surface area contributed by atoms with E-state index >= 15 is 0 Å². The number of carboxylic acid groups (broad SMARTS) is 2. The third kappa shape index (κ3) is 31.5. The Balaban J connectivity index is -0.000000612. The molecule has 0 amide bonds. The van der Waals surface area contributed by atoms with Crippen molar-refractivity contribution in [2.45, 2.75) is 115 Å². The van der Waals surface area contributed by atoms with Gasteiger partial charge in [0.1, 0.15) is 6.42 Å². The molecule has 0 radical (unpaired) electrons. The molecule has 0 fully saturated rings. The third-order valence-electron chi connectivity index (χ3n) is 4.81. The van der Waals surface area contributed by atoms with Gasteiger partial charge in [-0.05, 0) is 0 Å². The molecule has 2 N–H and O–H groups in total. The van der Waals surface area contributed by atoms with Gasteiger partial charge in [-0.3, -0.25) is 9.59 Å². The molecule has 27 heavy (non-hydrogen) atoms. The summed E-state index contributed by atoms with van der Waals surface area (Å²) in [5, 5.41) is 16.8. The van der Waals surface area contributed by atoms with Crippen molar-refractivity contribution in [1.82, 2.24) is 0 Å². The molecule has 0 aliphatic carbocycles. The van der Waals surface area contributed by atoms with Gasteiger partial charge >= 0.3 is 161 Å². The maximum atomic E-state index is 9.43. The van der Waals surface area contributed by atoms with Crippen LogP contribution in [-0.2, 0) is 9.59 Å². The van der Waals surface area contributed by atoms with Gasteiger partial charge in [0, 0.05) is 0 Å². The summed E-state index contributed by atoms with van der Waals surface area (Å²) in [6.07, 6.45) is 19.6. The van der Waals surface area contributed by atoms with Crippen molar-refractivity contribution in [3.63, 3.8) is 0 Å². The van der Waals surface area contributed by atoms with E-state index in [1.165, 1.54) is 95.0 Å². The van der Waals surface area contributed by atoms with E-state index in [1.54, 1.807) is 0 Å². The average molecular weight is 388 g/mol. The summed E-state index contributed by atoms with van der Waals surface area (Å²) < 4.78 is 0. The van der Waals surface area contributed by atoms with E-state index in [9.17, 15) is 9.59 Å². The van der Waals surface area contributed by atoms with Gasteiger partial charge in [-0.2, -0.15) is 0 Å². The SMILES string of the molecule is O=C(O)CC(=O)O.[Li][CH2]C(CCCC)CCCCCCCCCCCC.[NaH]. The van der Waals surface area contributed by atoms with Gasteiger partial charge in [-0.15, -0.1) is 0 Å². The van der Waals surface area contributed by atoms with Crippen molar-refractivity contribution in [2.24, 2.45) is 5.92 Å². The molecule has 0 spiro atoms. The number of carboxylic acids is 2. The zero-order valence-electron chi connectivity index (χ0n) is 17.6. The van der Waals surface area contributed by atoms with Crippen LogP contribution in [0.2, 0.25) is 5.09 Å². The zero-order chi connectivity index (χ0) is 20.0. The van der Waals surface area contributed by atoms with E-state index in [0.29, 0.717) is 0 Å². The molecule has 1 atom stereocenters. The first kappa shape index (κ1) is 32.2. The molecule has 0 rings (SSSR count). The number of rotatable bonds is 17. The van der Waals surface area contributed by atoms with Gasteiger partial charge in [0.25, 0.3) is 0 Å². The van der Waals surface area contributed by atoms with E-state index < -0.39 is 18.4 Å². The molecule has 0 saturated carbocycles. The molecular weight excluding hydrogens is 346 g/mol. The standard InChI is InChI=1S/C18H37.C3H4O4.Li.Na.H/c1-4-6-8-9-10-11-12-13-14-15-17-18(3)16-7-5-2;4-2(5)1-3(6)7;;;/h18H,3-17H2,1-2H3;1H2,(H,4,5)(H,6,7);;;. The number of unbranched alkanes of at least 4 members (excludes halogenated alkanes) is 10. The summed E-state index contributed by atoms with van der Waals surface area (Å²) >= 11 is 2.37. The number of aliphatic carboxylic acids is 2. The number of hydrogen-bond acceptors (Lipinski definition) is 2. The van der Waals surface area contributed by atoms with Gasteiger partial charge in [0.2, 0.25) is 0 Å². The second-order valence-corrected chi connectivity index (χ2v) is 7.35. The van der Waals surface area contributed by atoms with E-state index in [2.05, 4.69) is 31.6 Å². The Hall–Kier alpha value is 0.537. The summed E-state index contributed by atoms with van der Waals surface area (Å²) in [6.45, 7) is 4.61. The molecular formula is C21H42LiNaO4. The van der Waals surface area contributed by atoms with Crippen molar-refractivity contribution in [1.29, 1.82) is 0 Å². The Labute approximate surface area is 199 Å². The molecule has 0 aliphatic heterocycles. The van der Waals surface area contributed by atoms with Gasteiger partial charge < -0.3 is 10.2 Å². The van der Waals surface area contributed by atoms with Crippen molar-refractivity contribution in [3.05, 3.63) is 0 Å². The first-order valence-corrected chi connectivity index (χ1v) is 10.9. The Bertz CT molecular complexity index is 315. The van der Waals surface area contributed by atoms with Gasteiger partial charge in [0.15, 0.2) is 0 Å². The van der Waals surface area contributed by atoms with Gasteiger partial charge in [0.05, 0.1) is 0 Å². The van der Waals surface area contributed by atoms with Crippen LogP contribution >= 0.6 is 0 Å². The minimum atomic E-state index is -1.31. The van der Waals surface area contributed by atoms with E-state index in [0.717, 1.165) is 5.92 Å². The van der Waals surface area contributed by atoms with Crippen LogP contribution in [0.1, 0.15) is 110 Å². The summed E-state index contributed by atoms with van der Waals surface area (Å²) in [7, 11) is 0. The molecule has 0 saturated heterocycles. The van der Waals surface area contributed by atoms with Gasteiger partial charge in [-0.1, -0.05) is 13.3 Å². The van der Waals surface area contributed by atoms with Crippen LogP contribution in [0.4, 0.5) is 0 Å². The normalized spacial score (nSPS) is 11.1. The monoisotopic (exact) mass is 388 g/mol. The van der Waals surface area contributed by atoms with Crippen molar-refractivity contribution >= 4 is 59.2 Å². The zero-order valence-corrected chi connectivity index (χ0v) is 17.6. The third-order valence-corrected chi connectivity index (χ3v) is 4.81. The second kappa shape index (κ2) is 26.5. The fourth-order valence-corrected chi connectivity index (χ4v) is 3.10. The molecule has 0 bridgehead atoms. The number of carbonyl (C=O) groups is 2. The van der Waals surface area contributed by atoms with Crippen LogP contribution in [-0.4, -0.2) is 69.4 Å². The molecule has 152 valence electrons. The van der Waals surface area contributed by atoms with Crippen LogP contribution in [0.5, 0.6) is 0 Å². The predicted molar refractivity (Wildman–Crippen MR) is 117 cm³/mol. The van der Waals surface area contributed by atoms with Crippen LogP contribution < -0.4 is 0 Å². The summed E-state index contributed by atoms with van der Waals surface area (Å²) in [5.74, 6) is -1.60. The molecule has 0 aromatic rings. The second-order valence-electron chi connectivity index (χ2n) is 7.35. The topological polar surface area (TPSA) is 74.6 Å². The molecule has 0 aromatic heterocycles. The molecule has 6 heteroatoms. The number of hydrogen-bond donors (Lipinski definition) is 2. The minimum absolute atomic E-state index is 0. The molecule has 0 aromatic carbocycles.